The summed E-state index contributed by atoms with van der Waals surface area (Å²) in [6.07, 6.45) is 2.72. The second-order valence-electron chi connectivity index (χ2n) is 6.11. The van der Waals surface area contributed by atoms with Crippen molar-refractivity contribution in [3.8, 4) is 11.1 Å². The van der Waals surface area contributed by atoms with Gasteiger partial charge in [-0.1, -0.05) is 12.1 Å². The molecule has 0 fully saturated rings. The number of halogens is 3. The number of alkyl halides is 3. The van der Waals surface area contributed by atoms with Crippen LogP contribution in [0, 0.1) is 0 Å². The van der Waals surface area contributed by atoms with Gasteiger partial charge in [0.25, 0.3) is 0 Å². The van der Waals surface area contributed by atoms with Gasteiger partial charge in [0.2, 0.25) is 0 Å². The van der Waals surface area contributed by atoms with Crippen molar-refractivity contribution in [3.05, 3.63) is 72.3 Å². The predicted molar refractivity (Wildman–Crippen MR) is 92.6 cm³/mol. The lowest BCUT2D eigenvalue weighted by Gasteiger charge is -2.15. The van der Waals surface area contributed by atoms with Gasteiger partial charge in [-0.3, -0.25) is 4.68 Å². The van der Waals surface area contributed by atoms with Gasteiger partial charge in [-0.15, -0.1) is 0 Å². The monoisotopic (exact) mass is 356 g/mol. The quantitative estimate of drug-likeness (QED) is 0.558. The smallest absolute Gasteiger partial charge is 0.346 e. The summed E-state index contributed by atoms with van der Waals surface area (Å²) < 4.78 is 40.5. The minimum atomic E-state index is -4.36. The largest absolute Gasteiger partial charge is 0.416 e. The molecule has 0 radical (unpaired) electrons. The molecule has 4 rings (SSSR count). The molecule has 0 aliphatic carbocycles. The fraction of sp³-hybridized carbons (Fsp3) is 0.158. The first-order valence-electron chi connectivity index (χ1n) is 8.07. The van der Waals surface area contributed by atoms with Gasteiger partial charge in [-0.05, 0) is 42.3 Å². The van der Waals surface area contributed by atoms with E-state index in [4.69, 9.17) is 0 Å². The predicted octanol–water partition coefficient (Wildman–Crippen LogP) is 5.05. The number of pyridine rings is 1. The molecule has 0 aliphatic rings. The van der Waals surface area contributed by atoms with Crippen LogP contribution in [-0.2, 0) is 6.18 Å². The van der Waals surface area contributed by atoms with Crippen molar-refractivity contribution in [2.24, 2.45) is 0 Å². The van der Waals surface area contributed by atoms with E-state index in [-0.39, 0.29) is 6.04 Å². The maximum absolute atomic E-state index is 12.9. The maximum Gasteiger partial charge on any atom is 0.416 e. The fourth-order valence-electron chi connectivity index (χ4n) is 3.03. The Morgan fingerprint density at radius 2 is 2.00 bits per heavy atom. The highest BCUT2D eigenvalue weighted by Gasteiger charge is 2.30. The molecule has 1 aromatic carbocycles. The summed E-state index contributed by atoms with van der Waals surface area (Å²) in [4.78, 5) is 7.32. The van der Waals surface area contributed by atoms with Crippen LogP contribution in [0.4, 0.5) is 13.2 Å². The highest BCUT2D eigenvalue weighted by atomic mass is 19.4. The molecule has 1 N–H and O–H groups in total. The summed E-state index contributed by atoms with van der Waals surface area (Å²) in [5, 5.41) is 5.33. The summed E-state index contributed by atoms with van der Waals surface area (Å²) in [6.45, 7) is 1.82. The number of aromatic amines is 1. The maximum atomic E-state index is 12.9. The highest BCUT2D eigenvalue weighted by molar-refractivity contribution is 5.92. The van der Waals surface area contributed by atoms with Crippen LogP contribution in [0.1, 0.15) is 24.1 Å². The summed E-state index contributed by atoms with van der Waals surface area (Å²) in [6, 6.07) is 8.85. The van der Waals surface area contributed by atoms with E-state index in [1.807, 2.05) is 31.5 Å². The first kappa shape index (κ1) is 16.4. The van der Waals surface area contributed by atoms with E-state index < -0.39 is 11.7 Å². The Balaban J connectivity index is 1.69. The van der Waals surface area contributed by atoms with Crippen LogP contribution < -0.4 is 0 Å². The molecule has 0 spiro atoms. The Hall–Kier alpha value is -3.09. The molecule has 0 bridgehead atoms. The van der Waals surface area contributed by atoms with Crippen LogP contribution in [0.2, 0.25) is 0 Å². The second kappa shape index (κ2) is 6.01. The molecular weight excluding hydrogens is 341 g/mol. The third-order valence-corrected chi connectivity index (χ3v) is 4.47. The Bertz CT molecular complexity index is 1060. The third kappa shape index (κ3) is 2.85. The van der Waals surface area contributed by atoms with Gasteiger partial charge in [0.15, 0.2) is 0 Å². The van der Waals surface area contributed by atoms with Gasteiger partial charge in [0, 0.05) is 29.5 Å². The molecule has 132 valence electrons. The van der Waals surface area contributed by atoms with Gasteiger partial charge < -0.3 is 4.98 Å². The summed E-state index contributed by atoms with van der Waals surface area (Å²) in [7, 11) is 0. The van der Waals surface area contributed by atoms with Crippen molar-refractivity contribution >= 4 is 11.0 Å². The topological polar surface area (TPSA) is 46.5 Å². The van der Waals surface area contributed by atoms with Crippen molar-refractivity contribution in [2.75, 3.05) is 0 Å². The normalized spacial score (nSPS) is 13.2. The number of rotatable bonds is 3. The van der Waals surface area contributed by atoms with Gasteiger partial charge in [-0.25, -0.2) is 4.98 Å². The molecule has 4 aromatic rings. The first-order valence-corrected chi connectivity index (χ1v) is 8.07. The Morgan fingerprint density at radius 1 is 1.15 bits per heavy atom. The van der Waals surface area contributed by atoms with Crippen LogP contribution in [0.25, 0.3) is 22.2 Å². The van der Waals surface area contributed by atoms with Crippen LogP contribution in [0.3, 0.4) is 0 Å². The van der Waals surface area contributed by atoms with E-state index in [1.165, 1.54) is 12.1 Å². The van der Waals surface area contributed by atoms with E-state index in [0.29, 0.717) is 5.56 Å². The zero-order valence-corrected chi connectivity index (χ0v) is 13.8. The average molecular weight is 356 g/mol. The average Bonchev–Trinajstić information content (AvgIpc) is 3.29. The number of nitrogens with zero attached hydrogens (tertiary/aromatic N) is 3. The summed E-state index contributed by atoms with van der Waals surface area (Å²) >= 11 is 0. The zero-order chi connectivity index (χ0) is 18.3. The van der Waals surface area contributed by atoms with E-state index in [1.54, 1.807) is 23.1 Å². The summed E-state index contributed by atoms with van der Waals surface area (Å²) in [5.41, 5.74) is 2.53. The third-order valence-electron chi connectivity index (χ3n) is 4.47. The van der Waals surface area contributed by atoms with Crippen molar-refractivity contribution in [1.82, 2.24) is 19.7 Å². The van der Waals surface area contributed by atoms with Crippen LogP contribution in [0.5, 0.6) is 0 Å². The van der Waals surface area contributed by atoms with E-state index in [2.05, 4.69) is 15.1 Å². The molecule has 3 heterocycles. The number of H-pyrrole nitrogens is 1. The van der Waals surface area contributed by atoms with Gasteiger partial charge in [0.05, 0.1) is 17.8 Å². The molecular formula is C19H15F3N4. The molecule has 0 amide bonds. The van der Waals surface area contributed by atoms with Crippen molar-refractivity contribution < 1.29 is 13.2 Å². The van der Waals surface area contributed by atoms with E-state index in [9.17, 15) is 13.2 Å². The molecule has 0 saturated carbocycles. The number of fused-ring (bicyclic) bond motifs is 1. The van der Waals surface area contributed by atoms with Gasteiger partial charge in [0.1, 0.15) is 5.65 Å². The molecule has 26 heavy (non-hydrogen) atoms. The Morgan fingerprint density at radius 3 is 2.81 bits per heavy atom. The number of aromatic nitrogens is 4. The molecule has 0 aliphatic heterocycles. The molecule has 4 nitrogen and oxygen atoms in total. The standard InChI is InChI=1S/C19H15F3N4/c1-12(13-3-2-4-15(9-13)19(20,21)22)26-11-14(10-25-26)16-5-7-23-18-17(16)6-8-24-18/h2-12H,1H3,(H,23,24). The van der Waals surface area contributed by atoms with E-state index >= 15 is 0 Å². The lowest BCUT2D eigenvalue weighted by molar-refractivity contribution is -0.137. The van der Waals surface area contributed by atoms with Crippen molar-refractivity contribution in [3.63, 3.8) is 0 Å². The molecule has 0 saturated heterocycles. The SMILES string of the molecule is CC(c1cccc(C(F)(F)F)c1)n1cc(-c2ccnc3[nH]ccc23)cn1. The van der Waals surface area contributed by atoms with Crippen LogP contribution >= 0.6 is 0 Å². The lowest BCUT2D eigenvalue weighted by atomic mass is 10.0. The Kier molecular flexibility index (Phi) is 3.79. The van der Waals surface area contributed by atoms with Crippen molar-refractivity contribution in [1.29, 1.82) is 0 Å². The molecule has 3 aromatic heterocycles. The molecule has 1 atom stereocenters. The number of hydrogen-bond acceptors (Lipinski definition) is 2. The lowest BCUT2D eigenvalue weighted by Crippen LogP contribution is -2.10. The van der Waals surface area contributed by atoms with Gasteiger partial charge >= 0.3 is 6.18 Å². The van der Waals surface area contributed by atoms with E-state index in [0.717, 1.165) is 28.2 Å². The number of benzene rings is 1. The number of hydrogen-bond donors (Lipinski definition) is 1. The molecule has 1 unspecified atom stereocenters. The van der Waals surface area contributed by atoms with Crippen molar-refractivity contribution in [2.45, 2.75) is 19.1 Å². The van der Waals surface area contributed by atoms with Crippen LogP contribution in [0.15, 0.2) is 61.2 Å². The fourth-order valence-corrected chi connectivity index (χ4v) is 3.03. The van der Waals surface area contributed by atoms with Crippen LogP contribution in [-0.4, -0.2) is 19.7 Å². The molecule has 7 heteroatoms. The zero-order valence-electron chi connectivity index (χ0n) is 13.8. The Labute approximate surface area is 147 Å². The second-order valence-corrected chi connectivity index (χ2v) is 6.11. The first-order chi connectivity index (χ1) is 12.4. The summed E-state index contributed by atoms with van der Waals surface area (Å²) in [5.74, 6) is 0. The minimum absolute atomic E-state index is 0.324. The van der Waals surface area contributed by atoms with Gasteiger partial charge in [-0.2, -0.15) is 18.3 Å². The highest BCUT2D eigenvalue weighted by Crippen LogP contribution is 2.32. The minimum Gasteiger partial charge on any atom is -0.346 e. The number of nitrogens with one attached hydrogen (secondary N) is 1.